The number of furan rings is 1. The minimum Gasteiger partial charge on any atom is -0.468 e. The van der Waals surface area contributed by atoms with Crippen LogP contribution in [0.4, 0.5) is 0 Å². The molecule has 0 bridgehead atoms. The zero-order chi connectivity index (χ0) is 18.9. The van der Waals surface area contributed by atoms with Crippen LogP contribution in [-0.2, 0) is 19.1 Å². The number of nitrogens with one attached hydrogen (secondary N) is 1. The predicted octanol–water partition coefficient (Wildman–Crippen LogP) is 1.60. The number of likely N-dealkylation sites (tertiary alicyclic amines) is 1. The van der Waals surface area contributed by atoms with Gasteiger partial charge in [0, 0.05) is 6.54 Å². The maximum Gasteiger partial charge on any atom is 0.327 e. The van der Waals surface area contributed by atoms with Crippen LogP contribution in [0.25, 0.3) is 0 Å². The summed E-state index contributed by atoms with van der Waals surface area (Å²) in [6.45, 7) is 4.00. The number of carbonyl (C=O) groups is 3. The monoisotopic (exact) mass is 380 g/mol. The highest BCUT2D eigenvalue weighted by Crippen LogP contribution is 2.50. The highest BCUT2D eigenvalue weighted by Gasteiger charge is 2.68. The predicted molar refractivity (Wildman–Crippen MR) is 96.3 cm³/mol. The molecule has 1 N–H and O–H groups in total. The highest BCUT2D eigenvalue weighted by atomic mass is 32.2. The largest absolute Gasteiger partial charge is 0.468 e. The van der Waals surface area contributed by atoms with Gasteiger partial charge in [0.2, 0.25) is 11.8 Å². The summed E-state index contributed by atoms with van der Waals surface area (Å²) in [6.07, 6.45) is 3.87. The summed E-state index contributed by atoms with van der Waals surface area (Å²) in [7, 11) is 0. The van der Waals surface area contributed by atoms with Crippen molar-refractivity contribution in [1.82, 2.24) is 10.2 Å². The van der Waals surface area contributed by atoms with Gasteiger partial charge in [-0.15, -0.1) is 0 Å². The SMILES string of the molecule is CCOC(=O)[C@]1(CCSC)N[C@@H](c2ccco2)[C@@H]2C(=O)N(CC)C(=O)[C@H]21. The minimum absolute atomic E-state index is 0.212. The Balaban J connectivity index is 2.10. The van der Waals surface area contributed by atoms with Crippen molar-refractivity contribution in [2.75, 3.05) is 25.2 Å². The van der Waals surface area contributed by atoms with Crippen LogP contribution in [-0.4, -0.2) is 53.4 Å². The second-order valence-electron chi connectivity index (χ2n) is 6.50. The number of amides is 2. The summed E-state index contributed by atoms with van der Waals surface area (Å²) in [5.41, 5.74) is -1.22. The van der Waals surface area contributed by atoms with E-state index < -0.39 is 29.4 Å². The third-order valence-electron chi connectivity index (χ3n) is 5.25. The lowest BCUT2D eigenvalue weighted by molar-refractivity contribution is -0.156. The van der Waals surface area contributed by atoms with Crippen LogP contribution >= 0.6 is 11.8 Å². The van der Waals surface area contributed by atoms with Gasteiger partial charge in [-0.2, -0.15) is 11.8 Å². The van der Waals surface area contributed by atoms with Gasteiger partial charge in [0.15, 0.2) is 0 Å². The summed E-state index contributed by atoms with van der Waals surface area (Å²) >= 11 is 1.58. The van der Waals surface area contributed by atoms with Gasteiger partial charge in [0.1, 0.15) is 11.3 Å². The van der Waals surface area contributed by atoms with Crippen LogP contribution in [0, 0.1) is 11.8 Å². The Kier molecular flexibility index (Phi) is 5.43. The summed E-state index contributed by atoms with van der Waals surface area (Å²) in [5.74, 6) is -1.28. The second kappa shape index (κ2) is 7.44. The molecule has 1 aromatic rings. The lowest BCUT2D eigenvalue weighted by Gasteiger charge is -2.32. The molecule has 8 heteroatoms. The fourth-order valence-electron chi connectivity index (χ4n) is 4.13. The molecule has 2 fully saturated rings. The van der Waals surface area contributed by atoms with Crippen molar-refractivity contribution < 1.29 is 23.5 Å². The number of fused-ring (bicyclic) bond motifs is 1. The molecule has 2 amide bonds. The number of imide groups is 1. The van der Waals surface area contributed by atoms with Crippen LogP contribution in [0.1, 0.15) is 32.1 Å². The molecule has 2 saturated heterocycles. The standard InChI is InChI=1S/C18H24N2O5S/c1-4-20-15(21)12-13(16(20)22)18(8-10-26-3,17(23)24-5-2)19-14(12)11-7-6-9-25-11/h6-7,9,12-14,19H,4-5,8,10H2,1-3H3/t12-,13+,14+,18-/m1/s1. The normalized spacial score (nSPS) is 30.7. The zero-order valence-corrected chi connectivity index (χ0v) is 16.0. The summed E-state index contributed by atoms with van der Waals surface area (Å²) < 4.78 is 10.8. The first-order valence-electron chi connectivity index (χ1n) is 8.84. The van der Waals surface area contributed by atoms with E-state index >= 15 is 0 Å². The van der Waals surface area contributed by atoms with Crippen LogP contribution < -0.4 is 5.32 Å². The van der Waals surface area contributed by atoms with Gasteiger partial charge in [0.05, 0.1) is 30.7 Å². The first-order valence-corrected chi connectivity index (χ1v) is 10.2. The molecule has 0 aliphatic carbocycles. The molecule has 0 radical (unpaired) electrons. The van der Waals surface area contributed by atoms with Gasteiger partial charge >= 0.3 is 5.97 Å². The van der Waals surface area contributed by atoms with Gasteiger partial charge in [0.25, 0.3) is 0 Å². The third-order valence-corrected chi connectivity index (χ3v) is 5.86. The van der Waals surface area contributed by atoms with Crippen LogP contribution in [0.15, 0.2) is 22.8 Å². The van der Waals surface area contributed by atoms with Gasteiger partial charge in [-0.3, -0.25) is 24.6 Å². The summed E-state index contributed by atoms with van der Waals surface area (Å²) in [4.78, 5) is 40.2. The van der Waals surface area contributed by atoms with Crippen molar-refractivity contribution in [3.8, 4) is 0 Å². The Bertz CT molecular complexity index is 692. The Morgan fingerprint density at radius 3 is 2.73 bits per heavy atom. The van der Waals surface area contributed by atoms with Crippen molar-refractivity contribution >= 4 is 29.5 Å². The second-order valence-corrected chi connectivity index (χ2v) is 7.48. The first kappa shape index (κ1) is 19.0. The lowest BCUT2D eigenvalue weighted by atomic mass is 9.78. The number of hydrogen-bond acceptors (Lipinski definition) is 7. The van der Waals surface area contributed by atoms with E-state index in [-0.39, 0.29) is 25.0 Å². The van der Waals surface area contributed by atoms with Crippen LogP contribution in [0.3, 0.4) is 0 Å². The van der Waals surface area contributed by atoms with E-state index in [0.717, 1.165) is 0 Å². The third kappa shape index (κ3) is 2.75. The Morgan fingerprint density at radius 1 is 1.38 bits per heavy atom. The van der Waals surface area contributed by atoms with E-state index in [4.69, 9.17) is 9.15 Å². The Morgan fingerprint density at radius 2 is 2.15 bits per heavy atom. The van der Waals surface area contributed by atoms with Crippen molar-refractivity contribution in [2.24, 2.45) is 11.8 Å². The molecule has 7 nitrogen and oxygen atoms in total. The molecule has 0 saturated carbocycles. The van der Waals surface area contributed by atoms with Crippen molar-refractivity contribution in [1.29, 1.82) is 0 Å². The number of esters is 1. The molecular weight excluding hydrogens is 356 g/mol. The van der Waals surface area contributed by atoms with Crippen molar-refractivity contribution in [3.05, 3.63) is 24.2 Å². The van der Waals surface area contributed by atoms with E-state index in [1.807, 2.05) is 6.26 Å². The van der Waals surface area contributed by atoms with Gasteiger partial charge < -0.3 is 9.15 Å². The summed E-state index contributed by atoms with van der Waals surface area (Å²) in [5, 5.41) is 3.28. The average molecular weight is 380 g/mol. The van der Waals surface area contributed by atoms with E-state index in [9.17, 15) is 14.4 Å². The molecular formula is C18H24N2O5S. The molecule has 0 unspecified atom stereocenters. The molecule has 2 aliphatic heterocycles. The lowest BCUT2D eigenvalue weighted by Crippen LogP contribution is -2.56. The molecule has 0 spiro atoms. The number of thioether (sulfide) groups is 1. The van der Waals surface area contributed by atoms with Crippen molar-refractivity contribution in [2.45, 2.75) is 31.8 Å². The van der Waals surface area contributed by atoms with Crippen LogP contribution in [0.5, 0.6) is 0 Å². The smallest absolute Gasteiger partial charge is 0.327 e. The Labute approximate surface area is 156 Å². The minimum atomic E-state index is -1.22. The van der Waals surface area contributed by atoms with E-state index in [1.54, 1.807) is 37.7 Å². The molecule has 4 atom stereocenters. The number of carbonyl (C=O) groups excluding carboxylic acids is 3. The zero-order valence-electron chi connectivity index (χ0n) is 15.2. The molecule has 2 aliphatic rings. The maximum absolute atomic E-state index is 13.1. The number of nitrogens with zero attached hydrogens (tertiary/aromatic N) is 1. The molecule has 3 heterocycles. The molecule has 26 heavy (non-hydrogen) atoms. The quantitative estimate of drug-likeness (QED) is 0.568. The van der Waals surface area contributed by atoms with Gasteiger partial charge in [-0.25, -0.2) is 0 Å². The average Bonchev–Trinajstić information content (AvgIpc) is 3.31. The first-order chi connectivity index (χ1) is 12.5. The molecule has 142 valence electrons. The number of rotatable bonds is 7. The molecule has 0 aromatic carbocycles. The number of ether oxygens (including phenoxy) is 1. The van der Waals surface area contributed by atoms with E-state index in [1.165, 1.54) is 11.2 Å². The topological polar surface area (TPSA) is 88.8 Å². The van der Waals surface area contributed by atoms with E-state index in [2.05, 4.69) is 5.32 Å². The highest BCUT2D eigenvalue weighted by molar-refractivity contribution is 7.98. The Hall–Kier alpha value is -1.80. The van der Waals surface area contributed by atoms with Crippen LogP contribution in [0.2, 0.25) is 0 Å². The van der Waals surface area contributed by atoms with Gasteiger partial charge in [-0.05, 0) is 44.4 Å². The molecule has 3 rings (SSSR count). The van der Waals surface area contributed by atoms with Gasteiger partial charge in [-0.1, -0.05) is 0 Å². The maximum atomic E-state index is 13.1. The van der Waals surface area contributed by atoms with E-state index in [0.29, 0.717) is 17.9 Å². The number of hydrogen-bond donors (Lipinski definition) is 1. The molecule has 1 aromatic heterocycles. The fourth-order valence-corrected chi connectivity index (χ4v) is 4.65. The summed E-state index contributed by atoms with van der Waals surface area (Å²) in [6, 6.07) is 2.96. The fraction of sp³-hybridized carbons (Fsp3) is 0.611. The van der Waals surface area contributed by atoms with Crippen molar-refractivity contribution in [3.63, 3.8) is 0 Å².